The number of hydrogen-bond donors (Lipinski definition) is 4. The Balaban J connectivity index is 0.000000364. The zero-order chi connectivity index (χ0) is 16.1. The molecule has 0 amide bonds. The van der Waals surface area contributed by atoms with Gasteiger partial charge in [-0.2, -0.15) is 0 Å². The van der Waals surface area contributed by atoms with Crippen molar-refractivity contribution in [2.45, 2.75) is 46.6 Å². The number of hydrogen-bond acceptors (Lipinski definition) is 7. The van der Waals surface area contributed by atoms with Crippen LogP contribution in [0.3, 0.4) is 0 Å². The molecule has 6 N–H and O–H groups in total. The number of nitrogens with zero attached hydrogens (tertiary/aromatic N) is 1. The summed E-state index contributed by atoms with van der Waals surface area (Å²) in [4.78, 5) is 0. The van der Waals surface area contributed by atoms with E-state index >= 15 is 0 Å². The first-order chi connectivity index (χ1) is 10.0. The lowest BCUT2D eigenvalue weighted by Crippen LogP contribution is -2.34. The van der Waals surface area contributed by atoms with Crippen LogP contribution in [0, 0.1) is 12.8 Å². The van der Waals surface area contributed by atoms with Crippen LogP contribution in [0.25, 0.3) is 0 Å². The fourth-order valence-corrected chi connectivity index (χ4v) is 1.05. The Morgan fingerprint density at radius 2 is 2.00 bits per heavy atom. The molecular weight excluding hydrogens is 270 g/mol. The molecule has 0 saturated heterocycles. The largest absolute Gasteiger partial charge is 0.458 e. The maximum absolute atomic E-state index is 5.37. The maximum atomic E-state index is 5.37. The number of nitrogens with two attached hydrogens (primary N) is 2. The first kappa shape index (κ1) is 19.9. The second-order valence-electron chi connectivity index (χ2n) is 4.94. The van der Waals surface area contributed by atoms with Crippen molar-refractivity contribution < 1.29 is 9.26 Å². The summed E-state index contributed by atoms with van der Waals surface area (Å²) in [6, 6.07) is 2.28. The molecule has 0 spiro atoms. The summed E-state index contributed by atoms with van der Waals surface area (Å²) in [6.45, 7) is 10.1. The van der Waals surface area contributed by atoms with E-state index in [1.165, 1.54) is 6.42 Å². The van der Waals surface area contributed by atoms with E-state index in [4.69, 9.17) is 20.7 Å². The third kappa shape index (κ3) is 12.3. The molecule has 1 aliphatic carbocycles. The summed E-state index contributed by atoms with van der Waals surface area (Å²) < 4.78 is 9.95. The van der Waals surface area contributed by atoms with Crippen LogP contribution in [-0.2, 0) is 0 Å². The average Bonchev–Trinajstić information content (AvgIpc) is 2.95. The highest BCUT2D eigenvalue weighted by Gasteiger charge is 2.27. The predicted molar refractivity (Wildman–Crippen MR) is 84.6 cm³/mol. The van der Waals surface area contributed by atoms with Gasteiger partial charge < -0.3 is 20.7 Å². The van der Waals surface area contributed by atoms with E-state index < -0.39 is 0 Å². The Hall–Kier alpha value is -1.15. The lowest BCUT2D eigenvalue weighted by Gasteiger charge is -2.03. The molecule has 0 aliphatic heterocycles. The van der Waals surface area contributed by atoms with Crippen LogP contribution in [0.4, 0.5) is 0 Å². The highest BCUT2D eigenvalue weighted by molar-refractivity contribution is 5.08. The molecule has 21 heavy (non-hydrogen) atoms. The Labute approximate surface area is 127 Å². The second-order valence-corrected chi connectivity index (χ2v) is 4.94. The molecule has 1 heterocycles. The maximum Gasteiger partial charge on any atom is 0.255 e. The monoisotopic (exact) mass is 301 g/mol. The van der Waals surface area contributed by atoms with Crippen LogP contribution < -0.4 is 27.1 Å². The van der Waals surface area contributed by atoms with Gasteiger partial charge in [-0.05, 0) is 37.4 Å². The highest BCUT2D eigenvalue weighted by Crippen LogP contribution is 2.25. The fourth-order valence-electron chi connectivity index (χ4n) is 1.05. The Bertz CT molecular complexity index is 338. The molecule has 2 unspecified atom stereocenters. The number of nitrogens with one attached hydrogen (secondary N) is 2. The van der Waals surface area contributed by atoms with Crippen molar-refractivity contribution in [1.29, 1.82) is 0 Å². The van der Waals surface area contributed by atoms with Crippen LogP contribution in [-0.4, -0.2) is 31.0 Å². The van der Waals surface area contributed by atoms with Crippen molar-refractivity contribution in [1.82, 2.24) is 16.0 Å². The summed E-state index contributed by atoms with van der Waals surface area (Å²) in [6.07, 6.45) is 2.35. The molecule has 0 radical (unpaired) electrons. The van der Waals surface area contributed by atoms with E-state index in [9.17, 15) is 0 Å². The number of ether oxygens (including phenoxy) is 1. The van der Waals surface area contributed by atoms with Gasteiger partial charge in [-0.1, -0.05) is 20.8 Å². The summed E-state index contributed by atoms with van der Waals surface area (Å²) in [5.74, 6) is 2.07. The minimum atomic E-state index is 0.375. The summed E-state index contributed by atoms with van der Waals surface area (Å²) in [5, 5.41) is 3.65. The molecule has 1 aromatic heterocycles. The number of rotatable bonds is 6. The van der Waals surface area contributed by atoms with Crippen molar-refractivity contribution in [2.75, 3.05) is 19.8 Å². The third-order valence-electron chi connectivity index (χ3n) is 2.66. The second kappa shape index (κ2) is 12.6. The molecule has 1 fully saturated rings. The lowest BCUT2D eigenvalue weighted by atomic mass is 10.5. The lowest BCUT2D eigenvalue weighted by molar-refractivity contribution is 0.237. The van der Waals surface area contributed by atoms with E-state index in [2.05, 4.69) is 29.9 Å². The van der Waals surface area contributed by atoms with Gasteiger partial charge in [0.1, 0.15) is 5.76 Å². The Morgan fingerprint density at radius 3 is 2.33 bits per heavy atom. The predicted octanol–water partition coefficient (Wildman–Crippen LogP) is 1.14. The third-order valence-corrected chi connectivity index (χ3v) is 2.66. The van der Waals surface area contributed by atoms with E-state index in [1.807, 2.05) is 13.8 Å². The minimum Gasteiger partial charge on any atom is -0.458 e. The normalized spacial score (nSPS) is 19.0. The van der Waals surface area contributed by atoms with Gasteiger partial charge in [0.25, 0.3) is 5.88 Å². The van der Waals surface area contributed by atoms with Crippen LogP contribution in [0.5, 0.6) is 5.88 Å². The van der Waals surface area contributed by atoms with Crippen molar-refractivity contribution >= 4 is 0 Å². The van der Waals surface area contributed by atoms with Gasteiger partial charge in [-0.25, -0.2) is 5.43 Å². The van der Waals surface area contributed by atoms with Crippen LogP contribution in [0.15, 0.2) is 10.6 Å². The standard InChI is InChI=1S/C7H13N3O2.C4H9N.C3H9N/c1-3-8-9-5-11-7-4-6(2)12-10-7;1-3-2-4(3)5;1-2-3-4/h4,8-9H,3,5H2,1-2H3;3-4H,2,5H2,1H3;2-4H2,1H3. The fraction of sp³-hybridized carbons (Fsp3) is 0.786. The molecule has 124 valence electrons. The number of aryl methyl sites for hydroxylation is 1. The van der Waals surface area contributed by atoms with Gasteiger partial charge in [0.15, 0.2) is 6.73 Å². The molecule has 2 rings (SSSR count). The molecule has 1 aromatic rings. The van der Waals surface area contributed by atoms with E-state index in [0.717, 1.165) is 31.2 Å². The minimum absolute atomic E-state index is 0.375. The van der Waals surface area contributed by atoms with Gasteiger partial charge in [0, 0.05) is 18.7 Å². The molecule has 0 bridgehead atoms. The molecule has 0 aromatic carbocycles. The van der Waals surface area contributed by atoms with Gasteiger partial charge in [0.05, 0.1) is 0 Å². The summed E-state index contributed by atoms with van der Waals surface area (Å²) in [7, 11) is 0. The van der Waals surface area contributed by atoms with Crippen molar-refractivity contribution in [3.05, 3.63) is 11.8 Å². The van der Waals surface area contributed by atoms with Crippen LogP contribution in [0.2, 0.25) is 0 Å². The van der Waals surface area contributed by atoms with Gasteiger partial charge in [-0.3, -0.25) is 5.43 Å². The first-order valence-corrected chi connectivity index (χ1v) is 7.52. The number of aromatic nitrogens is 1. The van der Waals surface area contributed by atoms with Crippen LogP contribution in [0.1, 0.15) is 39.4 Å². The van der Waals surface area contributed by atoms with Gasteiger partial charge in [-0.15, -0.1) is 0 Å². The quantitative estimate of drug-likeness (QED) is 0.354. The van der Waals surface area contributed by atoms with Gasteiger partial charge >= 0.3 is 0 Å². The zero-order valence-corrected chi connectivity index (χ0v) is 13.7. The SMILES string of the molecule is CC1CC1N.CCCN.CCNNCOc1cc(C)on1. The summed E-state index contributed by atoms with van der Waals surface area (Å²) in [5.41, 5.74) is 16.1. The molecule has 7 nitrogen and oxygen atoms in total. The smallest absolute Gasteiger partial charge is 0.255 e. The molecule has 2 atom stereocenters. The molecular formula is C14H31N5O2. The van der Waals surface area contributed by atoms with Crippen molar-refractivity contribution in [3.8, 4) is 5.88 Å². The summed E-state index contributed by atoms with van der Waals surface area (Å²) >= 11 is 0. The van der Waals surface area contributed by atoms with Crippen molar-refractivity contribution in [3.63, 3.8) is 0 Å². The van der Waals surface area contributed by atoms with E-state index in [-0.39, 0.29) is 0 Å². The molecule has 7 heteroatoms. The van der Waals surface area contributed by atoms with Crippen molar-refractivity contribution in [2.24, 2.45) is 17.4 Å². The topological polar surface area (TPSA) is 111 Å². The zero-order valence-electron chi connectivity index (χ0n) is 13.7. The average molecular weight is 301 g/mol. The van der Waals surface area contributed by atoms with E-state index in [0.29, 0.717) is 18.7 Å². The van der Waals surface area contributed by atoms with Gasteiger partial charge in [0.2, 0.25) is 0 Å². The van der Waals surface area contributed by atoms with E-state index in [1.54, 1.807) is 6.07 Å². The highest BCUT2D eigenvalue weighted by atomic mass is 16.5. The van der Waals surface area contributed by atoms with Crippen LogP contribution >= 0.6 is 0 Å². The molecule has 1 saturated carbocycles. The Kier molecular flexibility index (Phi) is 11.9. The first-order valence-electron chi connectivity index (χ1n) is 7.52. The molecule has 1 aliphatic rings. The number of hydrazine groups is 1. The Morgan fingerprint density at radius 1 is 1.43 bits per heavy atom.